The van der Waals surface area contributed by atoms with E-state index in [-0.39, 0.29) is 11.8 Å². The highest BCUT2D eigenvalue weighted by molar-refractivity contribution is 9.10. The van der Waals surface area contributed by atoms with E-state index in [9.17, 15) is 4.79 Å². The molecule has 0 amide bonds. The minimum Gasteiger partial charge on any atom is -0.292 e. The van der Waals surface area contributed by atoms with Crippen LogP contribution in [0.25, 0.3) is 0 Å². The first-order chi connectivity index (χ1) is 8.63. The lowest BCUT2D eigenvalue weighted by molar-refractivity contribution is 0.0826. The number of hydrogen-bond donors (Lipinski definition) is 0. The Kier molecular flexibility index (Phi) is 4.57. The van der Waals surface area contributed by atoms with Crippen molar-refractivity contribution in [3.05, 3.63) is 34.3 Å². The number of halogens is 1. The van der Waals surface area contributed by atoms with Crippen molar-refractivity contribution in [2.45, 2.75) is 45.2 Å². The predicted molar refractivity (Wildman–Crippen MR) is 78.0 cm³/mol. The van der Waals surface area contributed by atoms with Crippen LogP contribution in [0.15, 0.2) is 28.7 Å². The lowest BCUT2D eigenvalue weighted by Gasteiger charge is -2.27. The molecule has 98 valence electrons. The average molecular weight is 310 g/mol. The van der Waals surface area contributed by atoms with Crippen molar-refractivity contribution < 1.29 is 4.79 Å². The smallest absolute Gasteiger partial charge is 0.179 e. The fourth-order valence-electron chi connectivity index (χ4n) is 2.36. The van der Waals surface area contributed by atoms with Gasteiger partial charge in [-0.25, -0.2) is 0 Å². The van der Waals surface area contributed by atoms with Gasteiger partial charge >= 0.3 is 0 Å². The Morgan fingerprint density at radius 3 is 2.50 bits per heavy atom. The van der Waals surface area contributed by atoms with Gasteiger partial charge in [-0.15, -0.1) is 0 Å². The van der Waals surface area contributed by atoms with Gasteiger partial charge in [0.05, 0.1) is 6.04 Å². The summed E-state index contributed by atoms with van der Waals surface area (Å²) in [7, 11) is 0. The number of benzene rings is 1. The second kappa shape index (κ2) is 5.98. The molecule has 1 aromatic carbocycles. The molecule has 1 atom stereocenters. The zero-order valence-corrected chi connectivity index (χ0v) is 12.6. The fourth-order valence-corrected chi connectivity index (χ4v) is 2.63. The topological polar surface area (TPSA) is 20.3 Å². The molecule has 0 N–H and O–H groups in total. The number of ketones is 1. The Morgan fingerprint density at radius 2 is 2.00 bits per heavy atom. The molecule has 0 heterocycles. The molecule has 3 heteroatoms. The van der Waals surface area contributed by atoms with Crippen LogP contribution < -0.4 is 0 Å². The number of carbonyl (C=O) groups excluding carboxylic acids is 1. The van der Waals surface area contributed by atoms with Crippen LogP contribution in [-0.4, -0.2) is 29.3 Å². The van der Waals surface area contributed by atoms with Gasteiger partial charge in [0.25, 0.3) is 0 Å². The molecule has 1 fully saturated rings. The molecule has 0 radical (unpaired) electrons. The molecule has 18 heavy (non-hydrogen) atoms. The van der Waals surface area contributed by atoms with Crippen LogP contribution in [0, 0.1) is 0 Å². The van der Waals surface area contributed by atoms with Gasteiger partial charge in [-0.05, 0) is 44.9 Å². The Balaban J connectivity index is 2.08. The van der Waals surface area contributed by atoms with Crippen molar-refractivity contribution in [2.75, 3.05) is 6.54 Å². The third-order valence-corrected chi connectivity index (χ3v) is 4.03. The third-order valence-electron chi connectivity index (χ3n) is 3.50. The van der Waals surface area contributed by atoms with E-state index in [1.165, 1.54) is 12.8 Å². The van der Waals surface area contributed by atoms with Crippen molar-refractivity contribution in [3.63, 3.8) is 0 Å². The number of hydrogen-bond acceptors (Lipinski definition) is 2. The fraction of sp³-hybridized carbons (Fsp3) is 0.533. The maximum Gasteiger partial charge on any atom is 0.179 e. The van der Waals surface area contributed by atoms with E-state index in [1.807, 2.05) is 31.2 Å². The van der Waals surface area contributed by atoms with E-state index < -0.39 is 0 Å². The summed E-state index contributed by atoms with van der Waals surface area (Å²) < 4.78 is 1.01. The number of nitrogens with zero attached hydrogens (tertiary/aromatic N) is 1. The van der Waals surface area contributed by atoms with E-state index in [4.69, 9.17) is 0 Å². The van der Waals surface area contributed by atoms with E-state index >= 15 is 0 Å². The SMILES string of the molecule is CCCN(C1CC1)C(C)C(=O)c1ccc(Br)cc1. The van der Waals surface area contributed by atoms with Gasteiger partial charge in [0.1, 0.15) is 0 Å². The van der Waals surface area contributed by atoms with Crippen LogP contribution in [0.3, 0.4) is 0 Å². The summed E-state index contributed by atoms with van der Waals surface area (Å²) in [6.07, 6.45) is 3.60. The van der Waals surface area contributed by atoms with Gasteiger partial charge < -0.3 is 0 Å². The molecule has 0 bridgehead atoms. The summed E-state index contributed by atoms with van der Waals surface area (Å²) in [5, 5.41) is 0. The summed E-state index contributed by atoms with van der Waals surface area (Å²) in [4.78, 5) is 14.8. The van der Waals surface area contributed by atoms with Crippen LogP contribution in [0.1, 0.15) is 43.5 Å². The second-order valence-corrected chi connectivity index (χ2v) is 5.93. The van der Waals surface area contributed by atoms with E-state index in [0.29, 0.717) is 6.04 Å². The van der Waals surface area contributed by atoms with Gasteiger partial charge in [0, 0.05) is 16.1 Å². The number of carbonyl (C=O) groups is 1. The van der Waals surface area contributed by atoms with Crippen LogP contribution in [0.5, 0.6) is 0 Å². The molecular weight excluding hydrogens is 290 g/mol. The van der Waals surface area contributed by atoms with Crippen LogP contribution in [0.2, 0.25) is 0 Å². The minimum absolute atomic E-state index is 0.00127. The molecule has 0 aromatic heterocycles. The molecule has 1 aromatic rings. The summed E-state index contributed by atoms with van der Waals surface area (Å²) in [5.74, 6) is 0.239. The second-order valence-electron chi connectivity index (χ2n) is 5.02. The van der Waals surface area contributed by atoms with Crippen LogP contribution in [-0.2, 0) is 0 Å². The maximum atomic E-state index is 12.4. The summed E-state index contributed by atoms with van der Waals surface area (Å²) in [5.41, 5.74) is 0.812. The molecule has 0 aliphatic heterocycles. The van der Waals surface area contributed by atoms with Crippen LogP contribution in [0.4, 0.5) is 0 Å². The highest BCUT2D eigenvalue weighted by Crippen LogP contribution is 2.29. The summed E-state index contributed by atoms with van der Waals surface area (Å²) >= 11 is 3.40. The molecule has 1 unspecified atom stereocenters. The zero-order valence-electron chi connectivity index (χ0n) is 11.0. The molecule has 1 aliphatic rings. The third kappa shape index (κ3) is 3.21. The first kappa shape index (κ1) is 13.8. The molecular formula is C15H20BrNO. The Morgan fingerprint density at radius 1 is 1.39 bits per heavy atom. The van der Waals surface area contributed by atoms with Gasteiger partial charge in [-0.2, -0.15) is 0 Å². The quantitative estimate of drug-likeness (QED) is 0.743. The molecule has 0 saturated heterocycles. The van der Waals surface area contributed by atoms with Crippen LogP contribution >= 0.6 is 15.9 Å². The lowest BCUT2D eigenvalue weighted by atomic mass is 10.0. The Hall–Kier alpha value is -0.670. The normalized spacial score (nSPS) is 16.9. The van der Waals surface area contributed by atoms with Gasteiger partial charge in [0.2, 0.25) is 0 Å². The van der Waals surface area contributed by atoms with Crippen molar-refractivity contribution >= 4 is 21.7 Å². The van der Waals surface area contributed by atoms with E-state index in [2.05, 4.69) is 27.8 Å². The average Bonchev–Trinajstić information content (AvgIpc) is 3.19. The lowest BCUT2D eigenvalue weighted by Crippen LogP contribution is -2.41. The number of rotatable bonds is 6. The highest BCUT2D eigenvalue weighted by Gasteiger charge is 2.34. The van der Waals surface area contributed by atoms with E-state index in [1.54, 1.807) is 0 Å². The first-order valence-corrected chi connectivity index (χ1v) is 7.48. The van der Waals surface area contributed by atoms with Crippen molar-refractivity contribution in [3.8, 4) is 0 Å². The Labute approximate surface area is 117 Å². The molecule has 0 spiro atoms. The predicted octanol–water partition coefficient (Wildman–Crippen LogP) is 3.89. The molecule has 1 saturated carbocycles. The van der Waals surface area contributed by atoms with Crippen molar-refractivity contribution in [1.29, 1.82) is 0 Å². The molecule has 2 rings (SSSR count). The van der Waals surface area contributed by atoms with Gasteiger partial charge in [-0.3, -0.25) is 9.69 Å². The van der Waals surface area contributed by atoms with Crippen molar-refractivity contribution in [1.82, 2.24) is 4.90 Å². The van der Waals surface area contributed by atoms with Gasteiger partial charge in [-0.1, -0.05) is 35.0 Å². The highest BCUT2D eigenvalue weighted by atomic mass is 79.9. The zero-order chi connectivity index (χ0) is 13.1. The van der Waals surface area contributed by atoms with Gasteiger partial charge in [0.15, 0.2) is 5.78 Å². The summed E-state index contributed by atoms with van der Waals surface area (Å²) in [6, 6.07) is 8.31. The summed E-state index contributed by atoms with van der Waals surface area (Å²) in [6.45, 7) is 5.23. The van der Waals surface area contributed by atoms with Crippen molar-refractivity contribution in [2.24, 2.45) is 0 Å². The molecule has 1 aliphatic carbocycles. The van der Waals surface area contributed by atoms with E-state index in [0.717, 1.165) is 23.0 Å². The monoisotopic (exact) mass is 309 g/mol. The maximum absolute atomic E-state index is 12.4. The first-order valence-electron chi connectivity index (χ1n) is 6.69. The standard InChI is InChI=1S/C15H20BrNO/c1-3-10-17(14-8-9-14)11(2)15(18)12-4-6-13(16)7-5-12/h4-7,11,14H,3,8-10H2,1-2H3. The minimum atomic E-state index is -0.00127. The largest absolute Gasteiger partial charge is 0.292 e. The molecule has 2 nitrogen and oxygen atoms in total. The Bertz CT molecular complexity index is 411. The number of Topliss-reactive ketones (excluding diaryl/α,β-unsaturated/α-hetero) is 1.